The van der Waals surface area contributed by atoms with E-state index in [0.29, 0.717) is 6.61 Å². The van der Waals surface area contributed by atoms with Crippen LogP contribution in [0.25, 0.3) is 0 Å². The van der Waals surface area contributed by atoms with Crippen molar-refractivity contribution in [1.82, 2.24) is 5.32 Å². The molecule has 1 aliphatic rings. The molecule has 1 aliphatic heterocycles. The van der Waals surface area contributed by atoms with Crippen molar-refractivity contribution in [2.45, 2.75) is 25.2 Å². The van der Waals surface area contributed by atoms with Gasteiger partial charge in [0.2, 0.25) is 0 Å². The van der Waals surface area contributed by atoms with Gasteiger partial charge in [-0.15, -0.1) is 0 Å². The van der Waals surface area contributed by atoms with E-state index in [2.05, 4.69) is 5.32 Å². The number of benzene rings is 2. The Morgan fingerprint density at radius 3 is 2.68 bits per heavy atom. The fourth-order valence-corrected chi connectivity index (χ4v) is 2.30. The molecule has 0 saturated carbocycles. The first-order chi connectivity index (χ1) is 12.9. The van der Waals surface area contributed by atoms with Crippen molar-refractivity contribution in [2.75, 3.05) is 6.61 Å². The Bertz CT molecular complexity index is 818. The highest BCUT2D eigenvalue weighted by atomic mass is 16.6. The maximum absolute atomic E-state index is 11.7. The van der Waals surface area contributed by atoms with Gasteiger partial charge in [-0.05, 0) is 17.5 Å². The highest BCUT2D eigenvalue weighted by molar-refractivity contribution is 5.70. The minimum absolute atomic E-state index is 0.0564. The molecule has 2 aromatic carbocycles. The molecule has 0 radical (unpaired) electrons. The third-order valence-electron chi connectivity index (χ3n) is 3.38. The van der Waals surface area contributed by atoms with Crippen molar-refractivity contribution in [2.24, 2.45) is 0 Å². The molecule has 0 spiro atoms. The lowest BCUT2D eigenvalue weighted by Gasteiger charge is -2.17. The zero-order valence-corrected chi connectivity index (χ0v) is 11.9. The predicted molar refractivity (Wildman–Crippen MR) is 83.4 cm³/mol. The van der Waals surface area contributed by atoms with E-state index in [4.69, 9.17) is 16.3 Å². The molecule has 0 unspecified atom stereocenters. The van der Waals surface area contributed by atoms with Crippen molar-refractivity contribution in [1.29, 1.82) is 0 Å². The number of amides is 1. The molecule has 3 rings (SSSR count). The topological polar surface area (TPSA) is 47.6 Å². The summed E-state index contributed by atoms with van der Waals surface area (Å²) >= 11 is 0. The van der Waals surface area contributed by atoms with E-state index in [1.807, 2.05) is 30.3 Å². The number of hydrogen-bond donors (Lipinski definition) is 1. The van der Waals surface area contributed by atoms with Gasteiger partial charge in [0.05, 0.1) is 26.1 Å². The molecule has 0 aliphatic carbocycles. The number of carbonyl (C=O) groups excluding carboxylic acids is 1. The number of alkyl carbamates (subject to hydrolysis) is 1. The van der Waals surface area contributed by atoms with E-state index >= 15 is 0 Å². The van der Waals surface area contributed by atoms with Crippen LogP contribution in [0.15, 0.2) is 60.5 Å². The number of rotatable bonds is 6. The van der Waals surface area contributed by atoms with Crippen LogP contribution in [-0.4, -0.2) is 24.8 Å². The van der Waals surface area contributed by atoms with Crippen LogP contribution in [0.4, 0.5) is 4.79 Å². The molecule has 2 atom stereocenters. The first kappa shape index (κ1) is 9.64. The summed E-state index contributed by atoms with van der Waals surface area (Å²) in [6.45, 7) is 0.493. The largest absolute Gasteiger partial charge is 0.442 e. The van der Waals surface area contributed by atoms with Crippen LogP contribution in [-0.2, 0) is 22.5 Å². The SMILES string of the molecule is [2H]c1c([2H])c([2H])c(C[C@@H]2NC(=O)O[C@@H]2COCc2ccccc2)c([2H])c1[2H]. The van der Waals surface area contributed by atoms with Gasteiger partial charge in [0.25, 0.3) is 0 Å². The first-order valence-electron chi connectivity index (χ1n) is 9.53. The summed E-state index contributed by atoms with van der Waals surface area (Å²) in [6, 6.07) is 7.22. The molecule has 4 nitrogen and oxygen atoms in total. The predicted octanol–water partition coefficient (Wildman–Crippen LogP) is 2.92. The van der Waals surface area contributed by atoms with Gasteiger partial charge in [-0.1, -0.05) is 60.5 Å². The molecule has 2 aromatic rings. The van der Waals surface area contributed by atoms with Gasteiger partial charge in [-0.2, -0.15) is 0 Å². The van der Waals surface area contributed by atoms with E-state index < -0.39 is 36.4 Å². The molecule has 1 N–H and O–H groups in total. The van der Waals surface area contributed by atoms with Crippen LogP contribution in [0.2, 0.25) is 0 Å². The Kier molecular flexibility index (Phi) is 3.11. The third-order valence-corrected chi connectivity index (χ3v) is 3.38. The molecular weight excluding hydrogens is 278 g/mol. The van der Waals surface area contributed by atoms with Gasteiger partial charge >= 0.3 is 6.09 Å². The number of carbonyl (C=O) groups is 1. The summed E-state index contributed by atoms with van der Waals surface area (Å²) < 4.78 is 50.0. The van der Waals surface area contributed by atoms with Crippen molar-refractivity contribution < 1.29 is 21.1 Å². The zero-order chi connectivity index (χ0) is 19.6. The second kappa shape index (κ2) is 7.09. The summed E-state index contributed by atoms with van der Waals surface area (Å²) in [5.41, 5.74) is 1.13. The van der Waals surface area contributed by atoms with Crippen LogP contribution in [0.3, 0.4) is 0 Å². The average molecular weight is 302 g/mol. The van der Waals surface area contributed by atoms with Crippen molar-refractivity contribution in [3.63, 3.8) is 0 Å². The molecule has 1 heterocycles. The molecule has 0 aromatic heterocycles. The average Bonchev–Trinajstić information content (AvgIpc) is 3.02. The van der Waals surface area contributed by atoms with Crippen molar-refractivity contribution in [3.05, 3.63) is 71.7 Å². The van der Waals surface area contributed by atoms with E-state index in [1.54, 1.807) is 0 Å². The lowest BCUT2D eigenvalue weighted by Crippen LogP contribution is -2.36. The molecule has 0 bridgehead atoms. The van der Waals surface area contributed by atoms with Gasteiger partial charge < -0.3 is 14.8 Å². The minimum Gasteiger partial charge on any atom is -0.442 e. The van der Waals surface area contributed by atoms with Crippen LogP contribution < -0.4 is 5.32 Å². The second-order valence-electron chi connectivity index (χ2n) is 5.00. The fourth-order valence-electron chi connectivity index (χ4n) is 2.30. The second-order valence-corrected chi connectivity index (χ2v) is 5.00. The Morgan fingerprint density at radius 2 is 1.91 bits per heavy atom. The van der Waals surface area contributed by atoms with Gasteiger partial charge in [-0.25, -0.2) is 4.79 Å². The van der Waals surface area contributed by atoms with Gasteiger partial charge in [-0.3, -0.25) is 0 Å². The minimum atomic E-state index is -0.612. The molecule has 1 amide bonds. The van der Waals surface area contributed by atoms with Crippen molar-refractivity contribution in [3.8, 4) is 0 Å². The lowest BCUT2D eigenvalue weighted by molar-refractivity contribution is 0.0273. The summed E-state index contributed by atoms with van der Waals surface area (Å²) in [4.78, 5) is 11.7. The molecular formula is C18H19NO3. The van der Waals surface area contributed by atoms with E-state index in [-0.39, 0.29) is 30.7 Å². The Balaban J connectivity index is 1.71. The smallest absolute Gasteiger partial charge is 0.407 e. The number of nitrogens with one attached hydrogen (secondary N) is 1. The molecule has 1 saturated heterocycles. The summed E-state index contributed by atoms with van der Waals surface area (Å²) in [5, 5.41) is 2.63. The summed E-state index contributed by atoms with van der Waals surface area (Å²) in [7, 11) is 0. The zero-order valence-electron chi connectivity index (χ0n) is 16.9. The van der Waals surface area contributed by atoms with Gasteiger partial charge in [0.15, 0.2) is 0 Å². The normalized spacial score (nSPS) is 23.6. The van der Waals surface area contributed by atoms with Gasteiger partial charge in [0.1, 0.15) is 6.10 Å². The highest BCUT2D eigenvalue weighted by Crippen LogP contribution is 2.15. The standard InChI is InChI=1S/C18H19NO3/c20-18-19-16(11-14-7-3-1-4-8-14)17(22-18)13-21-12-15-9-5-2-6-10-15/h1-10,16-17H,11-13H2,(H,19,20)/t16-,17+/m0/s1/i1D,3D,4D,7D,8D. The maximum Gasteiger partial charge on any atom is 0.407 e. The monoisotopic (exact) mass is 302 g/mol. The Hall–Kier alpha value is -2.33. The quantitative estimate of drug-likeness (QED) is 0.892. The maximum atomic E-state index is 11.7. The van der Waals surface area contributed by atoms with Crippen molar-refractivity contribution >= 4 is 6.09 Å². The number of hydrogen-bond acceptors (Lipinski definition) is 3. The van der Waals surface area contributed by atoms with Gasteiger partial charge in [0, 0.05) is 0 Å². The first-order valence-corrected chi connectivity index (χ1v) is 7.03. The Labute approximate surface area is 137 Å². The van der Waals surface area contributed by atoms with Crippen LogP contribution in [0.1, 0.15) is 18.0 Å². The molecule has 1 fully saturated rings. The van der Waals surface area contributed by atoms with E-state index in [1.165, 1.54) is 0 Å². The van der Waals surface area contributed by atoms with Crippen LogP contribution >= 0.6 is 0 Å². The van der Waals surface area contributed by atoms with Crippen LogP contribution in [0.5, 0.6) is 0 Å². The van der Waals surface area contributed by atoms with E-state index in [0.717, 1.165) is 5.56 Å². The highest BCUT2D eigenvalue weighted by Gasteiger charge is 2.34. The van der Waals surface area contributed by atoms with E-state index in [9.17, 15) is 4.79 Å². The fraction of sp³-hybridized carbons (Fsp3) is 0.278. The third kappa shape index (κ3) is 3.86. The number of ether oxygens (including phenoxy) is 2. The number of cyclic esters (lactones) is 1. The molecule has 4 heteroatoms. The van der Waals surface area contributed by atoms with Crippen LogP contribution in [0, 0.1) is 0 Å². The molecule has 22 heavy (non-hydrogen) atoms. The molecule has 114 valence electrons. The summed E-state index contributed by atoms with van der Waals surface area (Å²) in [5.74, 6) is 0. The lowest BCUT2D eigenvalue weighted by atomic mass is 10.0. The Morgan fingerprint density at radius 1 is 1.14 bits per heavy atom. The summed E-state index contributed by atoms with van der Waals surface area (Å²) in [6.07, 6.45) is -1.17.